The summed E-state index contributed by atoms with van der Waals surface area (Å²) >= 11 is 0. The van der Waals surface area contributed by atoms with E-state index >= 15 is 0 Å². The molecule has 0 bridgehead atoms. The molecule has 1 saturated carbocycles. The van der Waals surface area contributed by atoms with Gasteiger partial charge in [0, 0.05) is 12.4 Å². The Morgan fingerprint density at radius 1 is 1.64 bits per heavy atom. The minimum absolute atomic E-state index is 0.827. The summed E-state index contributed by atoms with van der Waals surface area (Å²) in [6.45, 7) is 2.26. The van der Waals surface area contributed by atoms with E-state index in [4.69, 9.17) is 0 Å². The fourth-order valence-corrected chi connectivity index (χ4v) is 1.70. The quantitative estimate of drug-likeness (QED) is 0.626. The Hall–Kier alpha value is -0.850. The van der Waals surface area contributed by atoms with Crippen LogP contribution in [-0.4, -0.2) is 4.98 Å². The maximum Gasteiger partial charge on any atom is 0.0302 e. The van der Waals surface area contributed by atoms with Gasteiger partial charge in [0.2, 0.25) is 0 Å². The van der Waals surface area contributed by atoms with Gasteiger partial charge in [-0.25, -0.2) is 0 Å². The van der Waals surface area contributed by atoms with Crippen molar-refractivity contribution >= 4 is 0 Å². The lowest BCUT2D eigenvalue weighted by Gasteiger charge is -1.95. The molecular weight excluding hydrogens is 134 g/mol. The van der Waals surface area contributed by atoms with Gasteiger partial charge in [0.25, 0.3) is 0 Å². The van der Waals surface area contributed by atoms with Gasteiger partial charge >= 0.3 is 0 Å². The first-order valence-electron chi connectivity index (χ1n) is 4.31. The maximum absolute atomic E-state index is 4.11. The second-order valence-electron chi connectivity index (χ2n) is 3.30. The molecule has 0 aliphatic heterocycles. The molecule has 1 aliphatic rings. The van der Waals surface area contributed by atoms with E-state index < -0.39 is 0 Å². The van der Waals surface area contributed by atoms with Gasteiger partial charge in [0.15, 0.2) is 0 Å². The third-order valence-corrected chi connectivity index (χ3v) is 2.56. The highest BCUT2D eigenvalue weighted by Gasteiger charge is 2.36. The molecule has 1 aromatic rings. The van der Waals surface area contributed by atoms with Crippen molar-refractivity contribution in [3.05, 3.63) is 30.1 Å². The largest absolute Gasteiger partial charge is 0.264 e. The number of hydrogen-bond donors (Lipinski definition) is 0. The van der Waals surface area contributed by atoms with Gasteiger partial charge in [-0.1, -0.05) is 19.4 Å². The lowest BCUT2D eigenvalue weighted by molar-refractivity contribution is 0.765. The molecular formula is C10H13N. The van der Waals surface area contributed by atoms with Crippen LogP contribution in [0.4, 0.5) is 0 Å². The van der Waals surface area contributed by atoms with Gasteiger partial charge in [-0.05, 0) is 29.9 Å². The van der Waals surface area contributed by atoms with Crippen molar-refractivity contribution in [3.63, 3.8) is 0 Å². The number of pyridine rings is 1. The first-order chi connectivity index (χ1) is 5.42. The number of rotatable bonds is 2. The molecule has 0 spiro atoms. The van der Waals surface area contributed by atoms with Gasteiger partial charge in [0.1, 0.15) is 0 Å². The van der Waals surface area contributed by atoms with Crippen LogP contribution < -0.4 is 0 Å². The van der Waals surface area contributed by atoms with Crippen molar-refractivity contribution < 1.29 is 0 Å². The highest BCUT2D eigenvalue weighted by molar-refractivity contribution is 5.21. The fourth-order valence-electron chi connectivity index (χ4n) is 1.70. The summed E-state index contributed by atoms with van der Waals surface area (Å²) in [7, 11) is 0. The van der Waals surface area contributed by atoms with E-state index in [-0.39, 0.29) is 0 Å². The molecule has 0 radical (unpaired) electrons. The number of aromatic nitrogens is 1. The Kier molecular flexibility index (Phi) is 1.65. The molecule has 58 valence electrons. The van der Waals surface area contributed by atoms with Crippen molar-refractivity contribution in [1.29, 1.82) is 0 Å². The third-order valence-electron chi connectivity index (χ3n) is 2.56. The Morgan fingerprint density at radius 3 is 3.09 bits per heavy atom. The van der Waals surface area contributed by atoms with Crippen molar-refractivity contribution in [2.45, 2.75) is 25.7 Å². The van der Waals surface area contributed by atoms with Crippen LogP contribution in [-0.2, 0) is 0 Å². The lowest BCUT2D eigenvalue weighted by atomic mass is 10.1. The zero-order valence-electron chi connectivity index (χ0n) is 6.83. The Balaban J connectivity index is 2.09. The van der Waals surface area contributed by atoms with Crippen LogP contribution in [0.3, 0.4) is 0 Å². The summed E-state index contributed by atoms with van der Waals surface area (Å²) in [5.74, 6) is 1.77. The minimum Gasteiger partial charge on any atom is -0.264 e. The second-order valence-corrected chi connectivity index (χ2v) is 3.30. The molecule has 1 aromatic heterocycles. The molecule has 0 aromatic carbocycles. The van der Waals surface area contributed by atoms with Crippen LogP contribution in [0.25, 0.3) is 0 Å². The van der Waals surface area contributed by atoms with Gasteiger partial charge in [0.05, 0.1) is 0 Å². The first kappa shape index (κ1) is 6.84. The van der Waals surface area contributed by atoms with Crippen LogP contribution in [0, 0.1) is 5.92 Å². The van der Waals surface area contributed by atoms with Crippen molar-refractivity contribution in [1.82, 2.24) is 4.98 Å². The average Bonchev–Trinajstić information content (AvgIpc) is 2.85. The minimum atomic E-state index is 0.827. The molecule has 2 atom stereocenters. The smallest absolute Gasteiger partial charge is 0.0302 e. The van der Waals surface area contributed by atoms with E-state index in [1.165, 1.54) is 18.4 Å². The highest BCUT2D eigenvalue weighted by Crippen LogP contribution is 2.48. The molecule has 0 amide bonds. The van der Waals surface area contributed by atoms with Gasteiger partial charge < -0.3 is 0 Å². The van der Waals surface area contributed by atoms with Crippen molar-refractivity contribution in [3.8, 4) is 0 Å². The summed E-state index contributed by atoms with van der Waals surface area (Å²) in [6, 6.07) is 4.22. The normalized spacial score (nSPS) is 28.5. The summed E-state index contributed by atoms with van der Waals surface area (Å²) in [4.78, 5) is 4.11. The zero-order valence-corrected chi connectivity index (χ0v) is 6.83. The number of hydrogen-bond acceptors (Lipinski definition) is 1. The van der Waals surface area contributed by atoms with Gasteiger partial charge in [-0.2, -0.15) is 0 Å². The maximum atomic E-state index is 4.11. The summed E-state index contributed by atoms with van der Waals surface area (Å²) in [5, 5.41) is 0. The van der Waals surface area contributed by atoms with E-state index in [1.807, 2.05) is 18.5 Å². The highest BCUT2D eigenvalue weighted by atomic mass is 14.6. The number of nitrogens with zero attached hydrogens (tertiary/aromatic N) is 1. The van der Waals surface area contributed by atoms with Crippen LogP contribution in [0.15, 0.2) is 24.5 Å². The lowest BCUT2D eigenvalue weighted by Crippen LogP contribution is -1.82. The summed E-state index contributed by atoms with van der Waals surface area (Å²) in [5.41, 5.74) is 1.43. The molecule has 1 fully saturated rings. The molecule has 0 unspecified atom stereocenters. The van der Waals surface area contributed by atoms with Gasteiger partial charge in [-0.15, -0.1) is 0 Å². The summed E-state index contributed by atoms with van der Waals surface area (Å²) in [6.07, 6.45) is 6.54. The predicted molar refractivity (Wildman–Crippen MR) is 45.4 cm³/mol. The molecule has 0 saturated heterocycles. The topological polar surface area (TPSA) is 12.9 Å². The van der Waals surface area contributed by atoms with Crippen molar-refractivity contribution in [2.24, 2.45) is 5.92 Å². The van der Waals surface area contributed by atoms with Crippen LogP contribution in [0.2, 0.25) is 0 Å². The van der Waals surface area contributed by atoms with Crippen LogP contribution in [0.1, 0.15) is 31.2 Å². The van der Waals surface area contributed by atoms with Crippen LogP contribution >= 0.6 is 0 Å². The van der Waals surface area contributed by atoms with E-state index in [1.54, 1.807) is 0 Å². The molecule has 1 nitrogen and oxygen atoms in total. The van der Waals surface area contributed by atoms with Crippen LogP contribution in [0.5, 0.6) is 0 Å². The Labute approximate surface area is 67.5 Å². The monoisotopic (exact) mass is 147 g/mol. The molecule has 11 heavy (non-hydrogen) atoms. The SMILES string of the molecule is CC[C@H]1C[C@@H]1c1cccnc1. The standard InChI is InChI=1S/C10H13N/c1-2-8-6-10(8)9-4-3-5-11-7-9/h3-5,7-8,10H,2,6H2,1H3/t8-,10-/m0/s1. The molecule has 1 heterocycles. The Morgan fingerprint density at radius 2 is 2.55 bits per heavy atom. The fraction of sp³-hybridized carbons (Fsp3) is 0.500. The predicted octanol–water partition coefficient (Wildman–Crippen LogP) is 2.60. The molecule has 0 N–H and O–H groups in total. The van der Waals surface area contributed by atoms with Gasteiger partial charge in [-0.3, -0.25) is 4.98 Å². The third kappa shape index (κ3) is 1.28. The second kappa shape index (κ2) is 2.65. The summed E-state index contributed by atoms with van der Waals surface area (Å²) < 4.78 is 0. The van der Waals surface area contributed by atoms with E-state index in [0.717, 1.165) is 11.8 Å². The molecule has 2 rings (SSSR count). The van der Waals surface area contributed by atoms with Crippen molar-refractivity contribution in [2.75, 3.05) is 0 Å². The van der Waals surface area contributed by atoms with E-state index in [9.17, 15) is 0 Å². The zero-order chi connectivity index (χ0) is 7.68. The van der Waals surface area contributed by atoms with E-state index in [0.29, 0.717) is 0 Å². The molecule has 1 aliphatic carbocycles. The average molecular weight is 147 g/mol. The Bertz CT molecular complexity index is 230. The molecule has 1 heteroatoms. The van der Waals surface area contributed by atoms with E-state index in [2.05, 4.69) is 18.0 Å². The first-order valence-corrected chi connectivity index (χ1v) is 4.31.